The van der Waals surface area contributed by atoms with Crippen LogP contribution in [0.4, 0.5) is 0 Å². The van der Waals surface area contributed by atoms with Crippen molar-refractivity contribution in [2.45, 2.75) is 32.2 Å². The average Bonchev–Trinajstić information content (AvgIpc) is 3.20. The smallest absolute Gasteiger partial charge is 0.239 e. The van der Waals surface area contributed by atoms with Crippen molar-refractivity contribution in [1.29, 1.82) is 0 Å². The summed E-state index contributed by atoms with van der Waals surface area (Å²) >= 11 is 1.66. The van der Waals surface area contributed by atoms with Crippen molar-refractivity contribution < 1.29 is 9.59 Å². The molecule has 1 aromatic heterocycles. The van der Waals surface area contributed by atoms with Gasteiger partial charge in [-0.1, -0.05) is 44.2 Å². The first-order valence-corrected chi connectivity index (χ1v) is 9.77. The number of thiophene rings is 1. The van der Waals surface area contributed by atoms with Crippen molar-refractivity contribution in [2.24, 2.45) is 0 Å². The SMILES string of the molecule is CC[C@@H](C)c1ccc([C@H](NCC(=O)NCC(=O)NC)c2cccs2)cc1. The molecule has 0 unspecified atom stereocenters. The van der Waals surface area contributed by atoms with Gasteiger partial charge in [-0.25, -0.2) is 0 Å². The number of rotatable bonds is 9. The summed E-state index contributed by atoms with van der Waals surface area (Å²) < 4.78 is 0. The van der Waals surface area contributed by atoms with E-state index < -0.39 is 0 Å². The third-order valence-corrected chi connectivity index (χ3v) is 5.41. The summed E-state index contributed by atoms with van der Waals surface area (Å²) in [4.78, 5) is 24.4. The molecule has 0 saturated heterocycles. The number of hydrogen-bond acceptors (Lipinski definition) is 4. The number of hydrogen-bond donors (Lipinski definition) is 3. The van der Waals surface area contributed by atoms with E-state index >= 15 is 0 Å². The summed E-state index contributed by atoms with van der Waals surface area (Å²) in [5.41, 5.74) is 2.45. The van der Waals surface area contributed by atoms with Gasteiger partial charge in [-0.05, 0) is 34.9 Å². The van der Waals surface area contributed by atoms with Gasteiger partial charge in [0, 0.05) is 11.9 Å². The van der Waals surface area contributed by atoms with Crippen molar-refractivity contribution >= 4 is 23.2 Å². The Hall–Kier alpha value is -2.18. The Labute approximate surface area is 159 Å². The van der Waals surface area contributed by atoms with Crippen LogP contribution in [-0.4, -0.2) is 32.0 Å². The number of benzene rings is 1. The highest BCUT2D eigenvalue weighted by molar-refractivity contribution is 7.10. The summed E-state index contributed by atoms with van der Waals surface area (Å²) in [7, 11) is 1.54. The Morgan fingerprint density at radius 3 is 2.31 bits per heavy atom. The molecule has 6 heteroatoms. The number of carbonyl (C=O) groups excluding carboxylic acids is 2. The molecule has 0 aliphatic rings. The summed E-state index contributed by atoms with van der Waals surface area (Å²) in [5.74, 6) is 0.118. The Bertz CT molecular complexity index is 698. The quantitative estimate of drug-likeness (QED) is 0.633. The van der Waals surface area contributed by atoms with Crippen molar-refractivity contribution in [2.75, 3.05) is 20.1 Å². The van der Waals surface area contributed by atoms with Gasteiger partial charge in [0.1, 0.15) is 0 Å². The molecule has 2 rings (SSSR count). The van der Waals surface area contributed by atoms with Crippen LogP contribution in [0.5, 0.6) is 0 Å². The number of likely N-dealkylation sites (N-methyl/N-ethyl adjacent to an activating group) is 1. The van der Waals surface area contributed by atoms with Crippen LogP contribution in [0, 0.1) is 0 Å². The van der Waals surface area contributed by atoms with Crippen LogP contribution >= 0.6 is 11.3 Å². The van der Waals surface area contributed by atoms with E-state index in [2.05, 4.69) is 60.1 Å². The highest BCUT2D eigenvalue weighted by atomic mass is 32.1. The van der Waals surface area contributed by atoms with E-state index in [0.717, 1.165) is 16.9 Å². The molecule has 2 aromatic rings. The monoisotopic (exact) mass is 373 g/mol. The van der Waals surface area contributed by atoms with Crippen LogP contribution in [0.1, 0.15) is 48.2 Å². The molecule has 26 heavy (non-hydrogen) atoms. The van der Waals surface area contributed by atoms with Crippen LogP contribution in [0.3, 0.4) is 0 Å². The molecule has 5 nitrogen and oxygen atoms in total. The maximum Gasteiger partial charge on any atom is 0.239 e. The molecule has 140 valence electrons. The first kappa shape index (κ1) is 20.1. The zero-order valence-electron chi connectivity index (χ0n) is 15.5. The van der Waals surface area contributed by atoms with E-state index in [9.17, 15) is 9.59 Å². The van der Waals surface area contributed by atoms with Crippen molar-refractivity contribution in [3.63, 3.8) is 0 Å². The maximum absolute atomic E-state index is 12.0. The maximum atomic E-state index is 12.0. The number of nitrogens with one attached hydrogen (secondary N) is 3. The lowest BCUT2D eigenvalue weighted by atomic mass is 9.95. The van der Waals surface area contributed by atoms with Crippen LogP contribution in [-0.2, 0) is 9.59 Å². The second-order valence-corrected chi connectivity index (χ2v) is 7.23. The second kappa shape index (κ2) is 10.1. The standard InChI is InChI=1S/C20H27N3O2S/c1-4-14(2)15-7-9-16(10-8-15)20(17-6-5-11-26-17)23-13-19(25)22-12-18(24)21-3/h5-11,14,20,23H,4,12-13H2,1-3H3,(H,21,24)(H,22,25)/t14-,20+/m1/s1. The minimum absolute atomic E-state index is 0.00964. The third kappa shape index (κ3) is 5.68. The normalized spacial score (nSPS) is 13.0. The Balaban J connectivity index is 2.05. The van der Waals surface area contributed by atoms with Crippen molar-refractivity contribution in [3.8, 4) is 0 Å². The van der Waals surface area contributed by atoms with E-state index in [1.54, 1.807) is 18.4 Å². The lowest BCUT2D eigenvalue weighted by Crippen LogP contribution is -2.40. The molecule has 0 aliphatic heterocycles. The molecule has 2 atom stereocenters. The Morgan fingerprint density at radius 1 is 1.04 bits per heavy atom. The van der Waals surface area contributed by atoms with Gasteiger partial charge in [0.25, 0.3) is 0 Å². The average molecular weight is 374 g/mol. The van der Waals surface area contributed by atoms with Gasteiger partial charge in [0.15, 0.2) is 0 Å². The first-order valence-electron chi connectivity index (χ1n) is 8.89. The molecule has 0 aliphatic carbocycles. The molecular formula is C20H27N3O2S. The Kier molecular flexibility index (Phi) is 7.81. The van der Waals surface area contributed by atoms with E-state index in [0.29, 0.717) is 5.92 Å². The van der Waals surface area contributed by atoms with Gasteiger partial charge >= 0.3 is 0 Å². The van der Waals surface area contributed by atoms with Gasteiger partial charge < -0.3 is 10.6 Å². The van der Waals surface area contributed by atoms with Gasteiger partial charge in [0.05, 0.1) is 19.1 Å². The predicted octanol–water partition coefficient (Wildman–Crippen LogP) is 2.80. The molecule has 0 radical (unpaired) electrons. The summed E-state index contributed by atoms with van der Waals surface area (Å²) in [6, 6.07) is 12.6. The van der Waals surface area contributed by atoms with E-state index in [-0.39, 0.29) is 30.9 Å². The topological polar surface area (TPSA) is 70.2 Å². The molecular weight excluding hydrogens is 346 g/mol. The number of amides is 2. The predicted molar refractivity (Wildman–Crippen MR) is 106 cm³/mol. The highest BCUT2D eigenvalue weighted by Crippen LogP contribution is 2.27. The molecule has 3 N–H and O–H groups in total. The van der Waals surface area contributed by atoms with Crippen LogP contribution < -0.4 is 16.0 Å². The summed E-state index contributed by atoms with van der Waals surface area (Å²) in [5, 5.41) is 10.4. The molecule has 0 saturated carbocycles. The van der Waals surface area contributed by atoms with Gasteiger partial charge in [-0.2, -0.15) is 0 Å². The van der Waals surface area contributed by atoms with Crippen molar-refractivity contribution in [1.82, 2.24) is 16.0 Å². The van der Waals surface area contributed by atoms with Crippen molar-refractivity contribution in [3.05, 3.63) is 57.8 Å². The summed E-state index contributed by atoms with van der Waals surface area (Å²) in [6.45, 7) is 4.55. The van der Waals surface area contributed by atoms with E-state index in [4.69, 9.17) is 0 Å². The lowest BCUT2D eigenvalue weighted by molar-refractivity contribution is -0.125. The van der Waals surface area contributed by atoms with Gasteiger partial charge in [0.2, 0.25) is 11.8 Å². The minimum atomic E-state index is -0.214. The zero-order valence-corrected chi connectivity index (χ0v) is 16.4. The third-order valence-electron chi connectivity index (χ3n) is 4.47. The highest BCUT2D eigenvalue weighted by Gasteiger charge is 2.17. The first-order chi connectivity index (χ1) is 12.5. The number of carbonyl (C=O) groups is 2. The fraction of sp³-hybridized carbons (Fsp3) is 0.400. The summed E-state index contributed by atoms with van der Waals surface area (Å²) in [6.07, 6.45) is 1.11. The minimum Gasteiger partial charge on any atom is -0.358 e. The molecule has 0 fully saturated rings. The van der Waals surface area contributed by atoms with Crippen LogP contribution in [0.25, 0.3) is 0 Å². The van der Waals surface area contributed by atoms with E-state index in [1.807, 2.05) is 11.4 Å². The largest absolute Gasteiger partial charge is 0.358 e. The second-order valence-electron chi connectivity index (χ2n) is 6.26. The molecule has 1 heterocycles. The molecule has 0 bridgehead atoms. The van der Waals surface area contributed by atoms with E-state index in [1.165, 1.54) is 5.56 Å². The molecule has 1 aromatic carbocycles. The molecule has 0 spiro atoms. The lowest BCUT2D eigenvalue weighted by Gasteiger charge is -2.19. The zero-order chi connectivity index (χ0) is 18.9. The fourth-order valence-electron chi connectivity index (χ4n) is 2.62. The fourth-order valence-corrected chi connectivity index (χ4v) is 3.44. The van der Waals surface area contributed by atoms with Crippen LogP contribution in [0.15, 0.2) is 41.8 Å². The molecule has 2 amide bonds. The van der Waals surface area contributed by atoms with Crippen LogP contribution in [0.2, 0.25) is 0 Å². The van der Waals surface area contributed by atoms with Gasteiger partial charge in [-0.3, -0.25) is 14.9 Å². The van der Waals surface area contributed by atoms with Gasteiger partial charge in [-0.15, -0.1) is 11.3 Å². The Morgan fingerprint density at radius 2 is 1.73 bits per heavy atom.